The van der Waals surface area contributed by atoms with Gasteiger partial charge in [0.1, 0.15) is 12.4 Å². The number of esters is 1. The molecule has 0 unspecified atom stereocenters. The van der Waals surface area contributed by atoms with Crippen LogP contribution in [-0.2, 0) is 34.7 Å². The molecular formula is C30H34N4O6. The zero-order chi connectivity index (χ0) is 28.3. The van der Waals surface area contributed by atoms with Crippen LogP contribution in [-0.4, -0.2) is 69.7 Å². The Bertz CT molecular complexity index is 1600. The van der Waals surface area contributed by atoms with Crippen LogP contribution in [0.1, 0.15) is 55.4 Å². The third kappa shape index (κ3) is 4.00. The van der Waals surface area contributed by atoms with Gasteiger partial charge < -0.3 is 28.9 Å². The molecule has 0 bridgehead atoms. The first-order valence-corrected chi connectivity index (χ1v) is 13.9. The summed E-state index contributed by atoms with van der Waals surface area (Å²) in [6.45, 7) is 5.21. The van der Waals surface area contributed by atoms with Crippen LogP contribution < -0.4 is 10.3 Å². The Labute approximate surface area is 232 Å². The number of rotatable bonds is 4. The highest BCUT2D eigenvalue weighted by Gasteiger charge is 2.45. The molecule has 3 aliphatic heterocycles. The fourth-order valence-electron chi connectivity index (χ4n) is 6.34. The molecule has 0 aliphatic carbocycles. The van der Waals surface area contributed by atoms with Crippen LogP contribution in [0.3, 0.4) is 0 Å². The van der Waals surface area contributed by atoms with E-state index in [0.29, 0.717) is 65.9 Å². The number of piperidine rings is 1. The van der Waals surface area contributed by atoms with E-state index in [1.54, 1.807) is 28.5 Å². The Morgan fingerprint density at radius 3 is 2.60 bits per heavy atom. The normalized spacial score (nSPS) is 20.4. The van der Waals surface area contributed by atoms with E-state index in [9.17, 15) is 19.5 Å². The average Bonchev–Trinajstić information content (AvgIpc) is 3.32. The van der Waals surface area contributed by atoms with Gasteiger partial charge in [0.05, 0.1) is 29.0 Å². The number of ether oxygens (including phenoxy) is 2. The molecule has 210 valence electrons. The molecular weight excluding hydrogens is 512 g/mol. The van der Waals surface area contributed by atoms with Crippen molar-refractivity contribution < 1.29 is 24.2 Å². The third-order valence-corrected chi connectivity index (χ3v) is 8.79. The molecule has 1 atom stereocenters. The van der Waals surface area contributed by atoms with Gasteiger partial charge in [-0.1, -0.05) is 13.8 Å². The lowest BCUT2D eigenvalue weighted by Gasteiger charge is -2.34. The number of cyclic esters (lactones) is 1. The SMILES string of the molecule is CCc1c2c(nc3ccc(OC(=O)N4CCC(N(C)C)CC4)cc13)-c1cc3c(c(=O)n1C2)COC(=O)[C@]3(O)CC. The van der Waals surface area contributed by atoms with E-state index in [2.05, 4.69) is 19.0 Å². The van der Waals surface area contributed by atoms with Crippen molar-refractivity contribution in [2.45, 2.75) is 64.3 Å². The molecule has 10 nitrogen and oxygen atoms in total. The van der Waals surface area contributed by atoms with Crippen molar-refractivity contribution in [1.29, 1.82) is 0 Å². The fraction of sp³-hybridized carbons (Fsp3) is 0.467. The summed E-state index contributed by atoms with van der Waals surface area (Å²) in [5.41, 5.74) is 2.33. The molecule has 0 spiro atoms. The zero-order valence-electron chi connectivity index (χ0n) is 23.3. The largest absolute Gasteiger partial charge is 0.458 e. The maximum absolute atomic E-state index is 13.5. The summed E-state index contributed by atoms with van der Waals surface area (Å²) < 4.78 is 12.6. The monoisotopic (exact) mass is 546 g/mol. The van der Waals surface area contributed by atoms with Crippen molar-refractivity contribution in [3.8, 4) is 17.1 Å². The van der Waals surface area contributed by atoms with E-state index in [-0.39, 0.29) is 24.7 Å². The number of fused-ring (bicyclic) bond motifs is 5. The van der Waals surface area contributed by atoms with Gasteiger partial charge in [0, 0.05) is 35.6 Å². The zero-order valence-corrected chi connectivity index (χ0v) is 23.3. The molecule has 1 aromatic carbocycles. The summed E-state index contributed by atoms with van der Waals surface area (Å²) >= 11 is 0. The average molecular weight is 547 g/mol. The fourth-order valence-corrected chi connectivity index (χ4v) is 6.34. The van der Waals surface area contributed by atoms with Gasteiger partial charge in [-0.05, 0) is 69.6 Å². The molecule has 6 rings (SSSR count). The van der Waals surface area contributed by atoms with Gasteiger partial charge in [-0.2, -0.15) is 0 Å². The number of aliphatic hydroxyl groups is 1. The summed E-state index contributed by atoms with van der Waals surface area (Å²) in [5.74, 6) is -0.287. The molecule has 1 N–H and O–H groups in total. The van der Waals surface area contributed by atoms with E-state index < -0.39 is 11.6 Å². The van der Waals surface area contributed by atoms with Gasteiger partial charge in [-0.25, -0.2) is 14.6 Å². The van der Waals surface area contributed by atoms with Crippen LogP contribution in [0, 0.1) is 0 Å². The first-order chi connectivity index (χ1) is 19.2. The van der Waals surface area contributed by atoms with Gasteiger partial charge in [-0.3, -0.25) is 4.79 Å². The molecule has 1 amide bonds. The second-order valence-electron chi connectivity index (χ2n) is 11.1. The second-order valence-corrected chi connectivity index (χ2v) is 11.1. The lowest BCUT2D eigenvalue weighted by molar-refractivity contribution is -0.172. The number of carbonyl (C=O) groups is 2. The Kier molecular flexibility index (Phi) is 6.42. The number of hydrogen-bond donors (Lipinski definition) is 1. The molecule has 3 aliphatic rings. The standard InChI is InChI=1S/C30H34N4O6/c1-5-19-20-13-18(40-29(37)33-11-9-17(10-12-33)32(3)4)7-8-24(20)31-26-21(19)15-34-25(26)14-23-22(27(34)35)16-39-28(36)30(23,38)6-2/h7-8,13-14,17,38H,5-6,9-12,15-16H2,1-4H3/t30-/m0/s1. The van der Waals surface area contributed by atoms with E-state index in [4.69, 9.17) is 14.5 Å². The van der Waals surface area contributed by atoms with E-state index in [1.807, 2.05) is 19.1 Å². The van der Waals surface area contributed by atoms with E-state index in [1.165, 1.54) is 0 Å². The van der Waals surface area contributed by atoms with E-state index in [0.717, 1.165) is 29.4 Å². The lowest BCUT2D eigenvalue weighted by Crippen LogP contribution is -2.45. The second kappa shape index (κ2) is 9.71. The van der Waals surface area contributed by atoms with Crippen LogP contribution in [0.25, 0.3) is 22.3 Å². The molecule has 3 aromatic rings. The Morgan fingerprint density at radius 2 is 1.93 bits per heavy atom. The number of amides is 1. The molecule has 5 heterocycles. The number of aromatic nitrogens is 2. The van der Waals surface area contributed by atoms with Gasteiger partial charge in [0.2, 0.25) is 0 Å². The summed E-state index contributed by atoms with van der Waals surface area (Å²) in [4.78, 5) is 47.8. The highest BCUT2D eigenvalue weighted by atomic mass is 16.6. The Morgan fingerprint density at radius 1 is 1.18 bits per heavy atom. The number of aryl methyl sites for hydroxylation is 1. The summed E-state index contributed by atoms with van der Waals surface area (Å²) in [6.07, 6.45) is 2.24. The van der Waals surface area contributed by atoms with Crippen LogP contribution in [0.4, 0.5) is 4.79 Å². The van der Waals surface area contributed by atoms with Crippen LogP contribution in [0.5, 0.6) is 5.75 Å². The molecule has 40 heavy (non-hydrogen) atoms. The smallest absolute Gasteiger partial charge is 0.415 e. The number of hydrogen-bond acceptors (Lipinski definition) is 8. The highest BCUT2D eigenvalue weighted by Crippen LogP contribution is 2.40. The number of carbonyl (C=O) groups excluding carboxylic acids is 2. The van der Waals surface area contributed by atoms with Gasteiger partial charge in [0.25, 0.3) is 5.56 Å². The van der Waals surface area contributed by atoms with Gasteiger partial charge in [0.15, 0.2) is 5.60 Å². The lowest BCUT2D eigenvalue weighted by atomic mass is 9.86. The molecule has 1 fully saturated rings. The number of likely N-dealkylation sites (tertiary alicyclic amines) is 1. The van der Waals surface area contributed by atoms with Crippen molar-refractivity contribution in [2.24, 2.45) is 0 Å². The van der Waals surface area contributed by atoms with Crippen molar-refractivity contribution in [1.82, 2.24) is 19.4 Å². The van der Waals surface area contributed by atoms with Crippen molar-refractivity contribution in [2.75, 3.05) is 27.2 Å². The maximum Gasteiger partial charge on any atom is 0.415 e. The molecule has 0 radical (unpaired) electrons. The minimum absolute atomic E-state index is 0.0924. The predicted molar refractivity (Wildman–Crippen MR) is 148 cm³/mol. The quantitative estimate of drug-likeness (QED) is 0.389. The number of nitrogens with zero attached hydrogens (tertiary/aromatic N) is 4. The van der Waals surface area contributed by atoms with Crippen LogP contribution in [0.15, 0.2) is 29.1 Å². The third-order valence-electron chi connectivity index (χ3n) is 8.79. The van der Waals surface area contributed by atoms with Crippen molar-refractivity contribution in [3.63, 3.8) is 0 Å². The van der Waals surface area contributed by atoms with Crippen molar-refractivity contribution in [3.05, 3.63) is 56.9 Å². The first kappa shape index (κ1) is 26.5. The number of pyridine rings is 2. The molecule has 0 saturated carbocycles. The van der Waals surface area contributed by atoms with Crippen LogP contribution in [0.2, 0.25) is 0 Å². The Hall–Kier alpha value is -3.76. The highest BCUT2D eigenvalue weighted by molar-refractivity contribution is 5.90. The number of benzene rings is 1. The minimum Gasteiger partial charge on any atom is -0.458 e. The maximum atomic E-state index is 13.5. The topological polar surface area (TPSA) is 114 Å². The predicted octanol–water partition coefficient (Wildman–Crippen LogP) is 3.17. The Balaban J connectivity index is 1.36. The molecule has 10 heteroatoms. The molecule has 1 saturated heterocycles. The first-order valence-electron chi connectivity index (χ1n) is 13.9. The summed E-state index contributed by atoms with van der Waals surface area (Å²) in [7, 11) is 4.13. The van der Waals surface area contributed by atoms with Gasteiger partial charge >= 0.3 is 12.1 Å². The summed E-state index contributed by atoms with van der Waals surface area (Å²) in [5, 5.41) is 12.0. The molecule has 2 aromatic heterocycles. The van der Waals surface area contributed by atoms with Crippen molar-refractivity contribution >= 4 is 23.0 Å². The summed E-state index contributed by atoms with van der Waals surface area (Å²) in [6, 6.07) is 7.61. The van der Waals surface area contributed by atoms with Gasteiger partial charge in [-0.15, -0.1) is 0 Å². The minimum atomic E-state index is -1.87. The van der Waals surface area contributed by atoms with E-state index >= 15 is 0 Å². The van der Waals surface area contributed by atoms with Crippen LogP contribution >= 0.6 is 0 Å².